The molecule has 0 aromatic carbocycles. The molecule has 2 heterocycles. The molecule has 0 aromatic heterocycles. The number of esters is 7. The third-order valence-electron chi connectivity index (χ3n) is 6.57. The fourth-order valence-electron chi connectivity index (χ4n) is 5.09. The summed E-state index contributed by atoms with van der Waals surface area (Å²) in [6.45, 7) is 6.65. The number of ether oxygens (including phenoxy) is 10. The van der Waals surface area contributed by atoms with Crippen LogP contribution in [0, 0.1) is 0 Å². The SMILES string of the molecule is CO[C@H]1O[C@H](CN(OC)[C@@H]2O[C@H](COC(C)=O)[C@H](OC(C)=O)[C@H](OC(C)=O)[C@H]2OC(C)=O)[C@@H](OC(C)=O)[C@H](OC(C)=O)[C@H]1OC(C)=O. The van der Waals surface area contributed by atoms with Crippen molar-refractivity contribution in [1.82, 2.24) is 5.06 Å². The molecule has 2 fully saturated rings. The van der Waals surface area contributed by atoms with Crippen molar-refractivity contribution in [3.63, 3.8) is 0 Å². The first-order valence-electron chi connectivity index (χ1n) is 14.3. The Balaban J connectivity index is 2.65. The third kappa shape index (κ3) is 11.4. The average molecular weight is 680 g/mol. The fourth-order valence-corrected chi connectivity index (χ4v) is 5.09. The molecule has 0 bridgehead atoms. The monoisotopic (exact) mass is 679 g/mol. The summed E-state index contributed by atoms with van der Waals surface area (Å²) in [5, 5.41) is 1.06. The quantitative estimate of drug-likeness (QED) is 0.131. The van der Waals surface area contributed by atoms with Gasteiger partial charge < -0.3 is 47.4 Å². The maximum absolute atomic E-state index is 12.3. The molecule has 266 valence electrons. The number of hydrogen-bond donors (Lipinski definition) is 0. The highest BCUT2D eigenvalue weighted by atomic mass is 16.7. The van der Waals surface area contributed by atoms with Gasteiger partial charge in [-0.15, -0.1) is 0 Å². The maximum Gasteiger partial charge on any atom is 0.303 e. The van der Waals surface area contributed by atoms with Crippen molar-refractivity contribution in [2.24, 2.45) is 0 Å². The standard InChI is InChI=1S/C28H41NO18/c1-12(30)39-11-20-22(41-14(3)32)23(42-15(4)33)25(44-17(6)35)27(46-20)29(38-9)10-19-21(40-13(2)31)24(43-16(5)34)26(45-18(7)36)28(37-8)47-19/h19-28H,10-11H2,1-9H3/t19-,20-,21-,22+,23+,24+,25-,26-,27-,28+/m1/s1. The number of carbonyl (C=O) groups is 7. The van der Waals surface area contributed by atoms with E-state index in [4.69, 9.17) is 52.2 Å². The molecule has 0 N–H and O–H groups in total. The van der Waals surface area contributed by atoms with Gasteiger partial charge in [0.05, 0.1) is 13.7 Å². The largest absolute Gasteiger partial charge is 0.463 e. The van der Waals surface area contributed by atoms with Crippen LogP contribution in [0.3, 0.4) is 0 Å². The lowest BCUT2D eigenvalue weighted by molar-refractivity contribution is -0.350. The lowest BCUT2D eigenvalue weighted by Crippen LogP contribution is -2.68. The van der Waals surface area contributed by atoms with Crippen LogP contribution >= 0.6 is 0 Å². The third-order valence-corrected chi connectivity index (χ3v) is 6.57. The van der Waals surface area contributed by atoms with Crippen LogP contribution in [0.1, 0.15) is 48.5 Å². The van der Waals surface area contributed by atoms with Crippen molar-refractivity contribution in [1.29, 1.82) is 0 Å². The predicted octanol–water partition coefficient (Wildman–Crippen LogP) is -0.901. The molecule has 0 aliphatic carbocycles. The van der Waals surface area contributed by atoms with E-state index in [1.807, 2.05) is 0 Å². The molecule has 2 saturated heterocycles. The lowest BCUT2D eigenvalue weighted by atomic mass is 9.95. The number of methoxy groups -OCH3 is 1. The van der Waals surface area contributed by atoms with E-state index in [1.54, 1.807) is 0 Å². The van der Waals surface area contributed by atoms with E-state index in [0.29, 0.717) is 0 Å². The summed E-state index contributed by atoms with van der Waals surface area (Å²) >= 11 is 0. The summed E-state index contributed by atoms with van der Waals surface area (Å²) in [5.41, 5.74) is 0. The summed E-state index contributed by atoms with van der Waals surface area (Å²) in [4.78, 5) is 90.1. The number of rotatable bonds is 13. The number of nitrogens with zero attached hydrogens (tertiary/aromatic N) is 1. The molecule has 10 atom stereocenters. The van der Waals surface area contributed by atoms with Crippen LogP contribution in [-0.2, 0) is 85.8 Å². The van der Waals surface area contributed by atoms with Crippen LogP contribution in [0.2, 0.25) is 0 Å². The van der Waals surface area contributed by atoms with Gasteiger partial charge in [0.15, 0.2) is 49.1 Å². The molecule has 19 heteroatoms. The first kappa shape index (κ1) is 39.3. The number of carbonyl (C=O) groups excluding carboxylic acids is 7. The second kappa shape index (κ2) is 17.9. The molecule has 0 unspecified atom stereocenters. The van der Waals surface area contributed by atoms with Crippen LogP contribution in [-0.4, -0.2) is 136 Å². The van der Waals surface area contributed by atoms with Gasteiger partial charge >= 0.3 is 41.8 Å². The summed E-state index contributed by atoms with van der Waals surface area (Å²) in [6.07, 6.45) is -14.3. The van der Waals surface area contributed by atoms with E-state index in [-0.39, 0.29) is 0 Å². The topological polar surface area (TPSA) is 224 Å². The highest BCUT2D eigenvalue weighted by Crippen LogP contribution is 2.34. The minimum absolute atomic E-state index is 0.438. The van der Waals surface area contributed by atoms with Gasteiger partial charge in [-0.25, -0.2) is 0 Å². The minimum atomic E-state index is -1.55. The highest BCUT2D eigenvalue weighted by Gasteiger charge is 2.57. The van der Waals surface area contributed by atoms with Gasteiger partial charge in [-0.1, -0.05) is 0 Å². The summed E-state index contributed by atoms with van der Waals surface area (Å²) < 4.78 is 55.2. The first-order valence-corrected chi connectivity index (χ1v) is 14.3. The predicted molar refractivity (Wildman–Crippen MR) is 148 cm³/mol. The molecule has 2 aliphatic rings. The van der Waals surface area contributed by atoms with E-state index in [2.05, 4.69) is 0 Å². The Morgan fingerprint density at radius 1 is 0.511 bits per heavy atom. The van der Waals surface area contributed by atoms with Gasteiger partial charge in [0.25, 0.3) is 0 Å². The van der Waals surface area contributed by atoms with E-state index in [0.717, 1.165) is 53.5 Å². The highest BCUT2D eigenvalue weighted by molar-refractivity contribution is 5.69. The molecule has 19 nitrogen and oxygen atoms in total. The molecule has 0 aromatic rings. The molecular weight excluding hydrogens is 638 g/mol. The Morgan fingerprint density at radius 2 is 0.915 bits per heavy atom. The molecule has 0 radical (unpaired) electrons. The smallest absolute Gasteiger partial charge is 0.303 e. The summed E-state index contributed by atoms with van der Waals surface area (Å²) in [6, 6.07) is 0. The second-order valence-corrected chi connectivity index (χ2v) is 10.4. The van der Waals surface area contributed by atoms with Gasteiger partial charge in [-0.3, -0.25) is 38.4 Å². The van der Waals surface area contributed by atoms with E-state index in [9.17, 15) is 33.6 Å². The van der Waals surface area contributed by atoms with Crippen molar-refractivity contribution in [3.05, 3.63) is 0 Å². The summed E-state index contributed by atoms with van der Waals surface area (Å²) in [7, 11) is 2.42. The zero-order valence-electron chi connectivity index (χ0n) is 27.5. The van der Waals surface area contributed by atoms with Crippen LogP contribution in [0.15, 0.2) is 0 Å². The van der Waals surface area contributed by atoms with Crippen molar-refractivity contribution >= 4 is 41.8 Å². The Hall–Kier alpha value is -3.91. The molecule has 0 saturated carbocycles. The van der Waals surface area contributed by atoms with E-state index in [1.165, 1.54) is 14.2 Å². The van der Waals surface area contributed by atoms with Crippen molar-refractivity contribution < 1.29 is 85.8 Å². The van der Waals surface area contributed by atoms with Crippen LogP contribution in [0.4, 0.5) is 0 Å². The normalized spacial score (nSPS) is 30.3. The molecule has 2 rings (SSSR count). The Kier molecular flexibility index (Phi) is 14.9. The van der Waals surface area contributed by atoms with Crippen LogP contribution in [0.5, 0.6) is 0 Å². The van der Waals surface area contributed by atoms with Crippen molar-refractivity contribution in [2.75, 3.05) is 27.4 Å². The average Bonchev–Trinajstić information content (AvgIpc) is 2.94. The van der Waals surface area contributed by atoms with Gasteiger partial charge in [0, 0.05) is 55.6 Å². The Labute approximate surface area is 270 Å². The van der Waals surface area contributed by atoms with E-state index < -0.39 is 116 Å². The van der Waals surface area contributed by atoms with Crippen LogP contribution in [0.25, 0.3) is 0 Å². The Bertz CT molecular complexity index is 1160. The van der Waals surface area contributed by atoms with Gasteiger partial charge in [-0.05, 0) is 0 Å². The number of hydrogen-bond acceptors (Lipinski definition) is 19. The molecule has 2 aliphatic heterocycles. The molecule has 47 heavy (non-hydrogen) atoms. The summed E-state index contributed by atoms with van der Waals surface area (Å²) in [5.74, 6) is -5.68. The second-order valence-electron chi connectivity index (χ2n) is 10.4. The lowest BCUT2D eigenvalue weighted by Gasteiger charge is -2.49. The first-order chi connectivity index (χ1) is 22.0. The van der Waals surface area contributed by atoms with E-state index >= 15 is 0 Å². The molecule has 0 amide bonds. The molecular formula is C28H41NO18. The van der Waals surface area contributed by atoms with Gasteiger partial charge in [0.1, 0.15) is 18.8 Å². The molecule has 0 spiro atoms. The maximum atomic E-state index is 12.3. The zero-order chi connectivity index (χ0) is 35.6. The minimum Gasteiger partial charge on any atom is -0.463 e. The Morgan fingerprint density at radius 3 is 1.34 bits per heavy atom. The van der Waals surface area contributed by atoms with Crippen molar-refractivity contribution in [2.45, 2.75) is 110 Å². The van der Waals surface area contributed by atoms with Crippen molar-refractivity contribution in [3.8, 4) is 0 Å². The fraction of sp³-hybridized carbons (Fsp3) is 0.750. The number of hydroxylamine groups is 2. The van der Waals surface area contributed by atoms with Crippen LogP contribution < -0.4 is 0 Å². The van der Waals surface area contributed by atoms with Gasteiger partial charge in [-0.2, -0.15) is 5.06 Å². The zero-order valence-corrected chi connectivity index (χ0v) is 27.5. The van der Waals surface area contributed by atoms with Gasteiger partial charge in [0.2, 0.25) is 0 Å².